The molecule has 4 aliphatic rings. The molecule has 0 aromatic rings. The second-order valence-electron chi connectivity index (χ2n) is 8.38. The third-order valence-corrected chi connectivity index (χ3v) is 7.73. The van der Waals surface area contributed by atoms with Crippen molar-refractivity contribution in [3.63, 3.8) is 0 Å². The maximum Gasteiger partial charge on any atom is 0.139 e. The van der Waals surface area contributed by atoms with Crippen LogP contribution in [0.5, 0.6) is 0 Å². The molecule has 0 aromatic heterocycles. The molecule has 5 unspecified atom stereocenters. The Morgan fingerprint density at radius 2 is 1.76 bits per heavy atom. The van der Waals surface area contributed by atoms with Crippen LogP contribution < -0.4 is 0 Å². The number of carbonyl (C=O) groups is 1. The number of fused-ring (bicyclic) bond motifs is 5. The van der Waals surface area contributed by atoms with Gasteiger partial charge in [0, 0.05) is 11.8 Å². The maximum absolute atomic E-state index is 12.4. The van der Waals surface area contributed by atoms with Gasteiger partial charge in [-0.3, -0.25) is 4.79 Å². The lowest BCUT2D eigenvalue weighted by Crippen LogP contribution is -2.49. The summed E-state index contributed by atoms with van der Waals surface area (Å²) in [5.74, 6) is 2.92. The lowest BCUT2D eigenvalue weighted by Gasteiger charge is -2.56. The first-order chi connectivity index (χ1) is 9.56. The molecule has 0 saturated heterocycles. The van der Waals surface area contributed by atoms with Crippen molar-refractivity contribution in [2.45, 2.75) is 79.1 Å². The SMILES string of the molecule is C.CC12CCC3C(CC=C4CCCCC43C)C1CCC2=O. The highest BCUT2D eigenvalue weighted by atomic mass is 16.1. The highest BCUT2D eigenvalue weighted by molar-refractivity contribution is 5.87. The van der Waals surface area contributed by atoms with Crippen LogP contribution in [0.1, 0.15) is 79.1 Å². The van der Waals surface area contributed by atoms with E-state index in [0.29, 0.717) is 17.1 Å². The number of ketones is 1. The first-order valence-electron chi connectivity index (χ1n) is 8.78. The van der Waals surface area contributed by atoms with Crippen LogP contribution in [0.25, 0.3) is 0 Å². The average Bonchev–Trinajstić information content (AvgIpc) is 2.74. The van der Waals surface area contributed by atoms with Crippen LogP contribution >= 0.6 is 0 Å². The largest absolute Gasteiger partial charge is 0.299 e. The molecule has 0 radical (unpaired) electrons. The number of rotatable bonds is 0. The Kier molecular flexibility index (Phi) is 3.62. The van der Waals surface area contributed by atoms with Gasteiger partial charge in [0.1, 0.15) is 5.78 Å². The fourth-order valence-corrected chi connectivity index (χ4v) is 6.47. The minimum Gasteiger partial charge on any atom is -0.299 e. The fraction of sp³-hybridized carbons (Fsp3) is 0.850. The smallest absolute Gasteiger partial charge is 0.139 e. The van der Waals surface area contributed by atoms with E-state index in [4.69, 9.17) is 0 Å². The summed E-state index contributed by atoms with van der Waals surface area (Å²) in [7, 11) is 0. The molecule has 1 nitrogen and oxygen atoms in total. The molecule has 0 heterocycles. The standard InChI is InChI=1S/C19H28O.CH4/c1-18-11-4-3-5-13(18)6-7-14-15-8-9-17(20)19(15,2)12-10-16(14)18;/h6,14-16H,3-5,7-12H2,1-2H3;1H4. The normalized spacial score (nSPS) is 48.6. The molecule has 1 heteroatoms. The van der Waals surface area contributed by atoms with E-state index in [1.54, 1.807) is 5.57 Å². The Bertz CT molecular complexity index is 476. The Balaban J connectivity index is 0.00000132. The molecule has 0 amide bonds. The third-order valence-electron chi connectivity index (χ3n) is 7.73. The molecule has 0 bridgehead atoms. The summed E-state index contributed by atoms with van der Waals surface area (Å²) >= 11 is 0. The third kappa shape index (κ3) is 1.92. The van der Waals surface area contributed by atoms with E-state index >= 15 is 0 Å². The lowest BCUT2D eigenvalue weighted by molar-refractivity contribution is -0.131. The minimum atomic E-state index is 0. The van der Waals surface area contributed by atoms with Crippen LogP contribution in [0.15, 0.2) is 11.6 Å². The summed E-state index contributed by atoms with van der Waals surface area (Å²) in [4.78, 5) is 12.4. The van der Waals surface area contributed by atoms with E-state index in [0.717, 1.165) is 18.3 Å². The van der Waals surface area contributed by atoms with Gasteiger partial charge >= 0.3 is 0 Å². The van der Waals surface area contributed by atoms with Gasteiger partial charge in [0.2, 0.25) is 0 Å². The molecule has 0 aromatic carbocycles. The van der Waals surface area contributed by atoms with Gasteiger partial charge in [-0.2, -0.15) is 0 Å². The van der Waals surface area contributed by atoms with Crippen LogP contribution in [0.3, 0.4) is 0 Å². The van der Waals surface area contributed by atoms with Crippen molar-refractivity contribution in [2.75, 3.05) is 0 Å². The molecule has 118 valence electrons. The van der Waals surface area contributed by atoms with Gasteiger partial charge < -0.3 is 0 Å². The number of carbonyl (C=O) groups excluding carboxylic acids is 1. The second-order valence-corrected chi connectivity index (χ2v) is 8.38. The number of hydrogen-bond acceptors (Lipinski definition) is 1. The molecule has 0 N–H and O–H groups in total. The summed E-state index contributed by atoms with van der Waals surface area (Å²) in [6, 6.07) is 0. The summed E-state index contributed by atoms with van der Waals surface area (Å²) in [6.07, 6.45) is 13.9. The highest BCUT2D eigenvalue weighted by Gasteiger charge is 2.58. The van der Waals surface area contributed by atoms with Crippen LogP contribution in [-0.2, 0) is 4.79 Å². The zero-order chi connectivity index (χ0) is 14.0. The Morgan fingerprint density at radius 3 is 2.57 bits per heavy atom. The van der Waals surface area contributed by atoms with Gasteiger partial charge in [-0.05, 0) is 68.1 Å². The van der Waals surface area contributed by atoms with Crippen molar-refractivity contribution in [1.82, 2.24) is 0 Å². The van der Waals surface area contributed by atoms with Gasteiger partial charge in [0.25, 0.3) is 0 Å². The Labute approximate surface area is 130 Å². The first-order valence-corrected chi connectivity index (χ1v) is 8.78. The molecule has 4 aliphatic carbocycles. The molecule has 5 atom stereocenters. The van der Waals surface area contributed by atoms with E-state index in [-0.39, 0.29) is 12.8 Å². The van der Waals surface area contributed by atoms with Crippen molar-refractivity contribution in [3.8, 4) is 0 Å². The summed E-state index contributed by atoms with van der Waals surface area (Å²) in [5.41, 5.74) is 2.30. The van der Waals surface area contributed by atoms with Crippen LogP contribution in [-0.4, -0.2) is 5.78 Å². The summed E-state index contributed by atoms with van der Waals surface area (Å²) in [5, 5.41) is 0. The van der Waals surface area contributed by atoms with Gasteiger partial charge in [0.15, 0.2) is 0 Å². The summed E-state index contributed by atoms with van der Waals surface area (Å²) in [6.45, 7) is 4.83. The predicted octanol–water partition coefficient (Wildman–Crippen LogP) is 5.54. The van der Waals surface area contributed by atoms with Crippen LogP contribution in [0.2, 0.25) is 0 Å². The molecule has 3 saturated carbocycles. The van der Waals surface area contributed by atoms with Crippen molar-refractivity contribution >= 4 is 5.78 Å². The molecular formula is C20H32O. The number of allylic oxidation sites excluding steroid dienone is 2. The topological polar surface area (TPSA) is 17.1 Å². The van der Waals surface area contributed by atoms with Crippen LogP contribution in [0.4, 0.5) is 0 Å². The van der Waals surface area contributed by atoms with Crippen molar-refractivity contribution in [1.29, 1.82) is 0 Å². The van der Waals surface area contributed by atoms with Gasteiger partial charge in [0.05, 0.1) is 0 Å². The van der Waals surface area contributed by atoms with Crippen molar-refractivity contribution in [3.05, 3.63) is 11.6 Å². The van der Waals surface area contributed by atoms with E-state index in [9.17, 15) is 4.79 Å². The predicted molar refractivity (Wildman–Crippen MR) is 88.1 cm³/mol. The Morgan fingerprint density at radius 1 is 1.00 bits per heavy atom. The molecule has 3 fully saturated rings. The zero-order valence-corrected chi connectivity index (χ0v) is 13.1. The minimum absolute atomic E-state index is 0. The van der Waals surface area contributed by atoms with E-state index in [1.807, 2.05) is 0 Å². The highest BCUT2D eigenvalue weighted by Crippen LogP contribution is 2.63. The number of hydrogen-bond donors (Lipinski definition) is 0. The molecule has 0 aliphatic heterocycles. The first kappa shape index (κ1) is 15.3. The van der Waals surface area contributed by atoms with Gasteiger partial charge in [-0.25, -0.2) is 0 Å². The maximum atomic E-state index is 12.4. The van der Waals surface area contributed by atoms with Gasteiger partial charge in [-0.1, -0.05) is 39.3 Å². The van der Waals surface area contributed by atoms with Crippen molar-refractivity contribution in [2.24, 2.45) is 28.6 Å². The molecule has 0 spiro atoms. The molecule has 4 rings (SSSR count). The van der Waals surface area contributed by atoms with E-state index in [1.165, 1.54) is 51.4 Å². The lowest BCUT2D eigenvalue weighted by atomic mass is 9.48. The Hall–Kier alpha value is -0.590. The zero-order valence-electron chi connectivity index (χ0n) is 13.1. The number of Topliss-reactive ketones (excluding diaryl/α,β-unsaturated/α-hetero) is 1. The molecular weight excluding hydrogens is 256 g/mol. The molecule has 21 heavy (non-hydrogen) atoms. The van der Waals surface area contributed by atoms with E-state index < -0.39 is 0 Å². The quantitative estimate of drug-likeness (QED) is 0.534. The second kappa shape index (κ2) is 4.96. The average molecular weight is 288 g/mol. The fourth-order valence-electron chi connectivity index (χ4n) is 6.47. The van der Waals surface area contributed by atoms with Crippen LogP contribution in [0, 0.1) is 28.6 Å². The van der Waals surface area contributed by atoms with Crippen molar-refractivity contribution < 1.29 is 4.79 Å². The summed E-state index contributed by atoms with van der Waals surface area (Å²) < 4.78 is 0. The monoisotopic (exact) mass is 288 g/mol. The van der Waals surface area contributed by atoms with Gasteiger partial charge in [-0.15, -0.1) is 0 Å². The van der Waals surface area contributed by atoms with E-state index in [2.05, 4.69) is 19.9 Å².